The first kappa shape index (κ1) is 7.56. The zero-order valence-corrected chi connectivity index (χ0v) is 7.06. The fourth-order valence-corrected chi connectivity index (χ4v) is 2.23. The molecule has 1 spiro atoms. The predicted molar refractivity (Wildman–Crippen MR) is 41.5 cm³/mol. The second-order valence-electron chi connectivity index (χ2n) is 3.43. The molecule has 0 N–H and O–H groups in total. The molecule has 1 heterocycles. The zero-order valence-electron chi connectivity index (χ0n) is 6.31. The molecule has 11 heavy (non-hydrogen) atoms. The van der Waals surface area contributed by atoms with E-state index in [0.717, 1.165) is 12.8 Å². The van der Waals surface area contributed by atoms with Gasteiger partial charge in [0.1, 0.15) is 5.60 Å². The van der Waals surface area contributed by atoms with Gasteiger partial charge in [-0.05, 0) is 24.4 Å². The maximum Gasteiger partial charge on any atom is 0.253 e. The molecule has 1 saturated heterocycles. The van der Waals surface area contributed by atoms with Gasteiger partial charge in [0.15, 0.2) is 6.10 Å². The minimum absolute atomic E-state index is 0.114. The summed E-state index contributed by atoms with van der Waals surface area (Å²) in [7, 11) is 0. The van der Waals surface area contributed by atoms with Crippen molar-refractivity contribution in [3.8, 4) is 0 Å². The fourth-order valence-electron chi connectivity index (χ4n) is 1.98. The van der Waals surface area contributed by atoms with Crippen LogP contribution in [0.2, 0.25) is 0 Å². The quantitative estimate of drug-likeness (QED) is 0.449. The molecule has 2 fully saturated rings. The van der Waals surface area contributed by atoms with Crippen molar-refractivity contribution in [1.82, 2.24) is 0 Å². The predicted octanol–water partition coefficient (Wildman–Crippen LogP) is 1.85. The second-order valence-corrected chi connectivity index (χ2v) is 3.80. The van der Waals surface area contributed by atoms with Gasteiger partial charge < -0.3 is 4.74 Å². The lowest BCUT2D eigenvalue weighted by Gasteiger charge is -2.17. The highest BCUT2D eigenvalue weighted by Crippen LogP contribution is 2.48. The minimum Gasteiger partial charge on any atom is -0.356 e. The number of epoxide rings is 1. The first-order valence-electron chi connectivity index (χ1n) is 4.12. The van der Waals surface area contributed by atoms with E-state index in [1.54, 1.807) is 0 Å². The van der Waals surface area contributed by atoms with Crippen LogP contribution in [0.1, 0.15) is 32.1 Å². The van der Waals surface area contributed by atoms with Crippen LogP contribution >= 0.6 is 11.6 Å². The molecule has 0 aromatic carbocycles. The summed E-state index contributed by atoms with van der Waals surface area (Å²) in [6, 6.07) is 0. The van der Waals surface area contributed by atoms with Gasteiger partial charge in [-0.25, -0.2) is 0 Å². The first-order chi connectivity index (χ1) is 5.25. The lowest BCUT2D eigenvalue weighted by Crippen LogP contribution is -2.21. The number of halogens is 1. The molecule has 0 radical (unpaired) electrons. The smallest absolute Gasteiger partial charge is 0.253 e. The monoisotopic (exact) mass is 174 g/mol. The zero-order chi connectivity index (χ0) is 7.90. The topological polar surface area (TPSA) is 29.6 Å². The average molecular weight is 175 g/mol. The Morgan fingerprint density at radius 2 is 2.00 bits per heavy atom. The second kappa shape index (κ2) is 2.46. The van der Waals surface area contributed by atoms with E-state index in [2.05, 4.69) is 0 Å². The average Bonchev–Trinajstić information content (AvgIpc) is 2.66. The van der Waals surface area contributed by atoms with Crippen molar-refractivity contribution in [2.75, 3.05) is 0 Å². The molecule has 0 amide bonds. The summed E-state index contributed by atoms with van der Waals surface area (Å²) in [4.78, 5) is 10.7. The Kier molecular flexibility index (Phi) is 1.69. The van der Waals surface area contributed by atoms with E-state index in [9.17, 15) is 4.79 Å². The maximum atomic E-state index is 10.7. The first-order valence-corrected chi connectivity index (χ1v) is 4.50. The van der Waals surface area contributed by atoms with Crippen molar-refractivity contribution in [2.24, 2.45) is 0 Å². The Morgan fingerprint density at radius 1 is 1.36 bits per heavy atom. The summed E-state index contributed by atoms with van der Waals surface area (Å²) in [6.45, 7) is 0. The molecule has 1 aliphatic heterocycles. The molecule has 0 aromatic heterocycles. The van der Waals surface area contributed by atoms with Crippen LogP contribution in [-0.2, 0) is 9.53 Å². The van der Waals surface area contributed by atoms with Gasteiger partial charge in [0.2, 0.25) is 0 Å². The van der Waals surface area contributed by atoms with Crippen LogP contribution in [0.3, 0.4) is 0 Å². The van der Waals surface area contributed by atoms with Crippen molar-refractivity contribution >= 4 is 16.8 Å². The van der Waals surface area contributed by atoms with Gasteiger partial charge in [-0.3, -0.25) is 4.79 Å². The molecule has 2 aliphatic rings. The van der Waals surface area contributed by atoms with Crippen LogP contribution < -0.4 is 0 Å². The van der Waals surface area contributed by atoms with E-state index in [0.29, 0.717) is 0 Å². The Hall–Kier alpha value is -0.0800. The van der Waals surface area contributed by atoms with Crippen LogP contribution in [-0.4, -0.2) is 16.9 Å². The third kappa shape index (κ3) is 1.18. The van der Waals surface area contributed by atoms with Crippen molar-refractivity contribution in [2.45, 2.75) is 43.8 Å². The van der Waals surface area contributed by atoms with Gasteiger partial charge in [0, 0.05) is 0 Å². The minimum atomic E-state index is -0.313. The summed E-state index contributed by atoms with van der Waals surface area (Å²) in [6.07, 6.45) is 5.41. The molecular weight excluding hydrogens is 164 g/mol. The van der Waals surface area contributed by atoms with E-state index >= 15 is 0 Å². The summed E-state index contributed by atoms with van der Waals surface area (Å²) in [5, 5.41) is -0.313. The highest BCUT2D eigenvalue weighted by atomic mass is 35.5. The van der Waals surface area contributed by atoms with E-state index in [-0.39, 0.29) is 16.9 Å². The summed E-state index contributed by atoms with van der Waals surface area (Å²) >= 11 is 5.33. The standard InChI is InChI=1S/C8H11ClO2/c9-7(10)6-8(11-6)4-2-1-3-5-8/h6H,1-5H2/t6-/m1/s1. The van der Waals surface area contributed by atoms with Gasteiger partial charge in [0.05, 0.1) is 0 Å². The van der Waals surface area contributed by atoms with Gasteiger partial charge in [-0.1, -0.05) is 19.3 Å². The van der Waals surface area contributed by atoms with E-state index in [1.165, 1.54) is 19.3 Å². The SMILES string of the molecule is O=C(Cl)[C@H]1OC12CCCCC2. The number of ether oxygens (including phenoxy) is 1. The molecular formula is C8H11ClO2. The summed E-state index contributed by atoms with van der Waals surface area (Å²) < 4.78 is 5.33. The van der Waals surface area contributed by atoms with Gasteiger partial charge >= 0.3 is 0 Å². The normalized spacial score (nSPS) is 33.7. The Morgan fingerprint density at radius 3 is 2.45 bits per heavy atom. The van der Waals surface area contributed by atoms with E-state index in [4.69, 9.17) is 16.3 Å². The molecule has 0 bridgehead atoms. The third-order valence-corrected chi connectivity index (χ3v) is 2.88. The van der Waals surface area contributed by atoms with Crippen molar-refractivity contribution < 1.29 is 9.53 Å². The number of hydrogen-bond acceptors (Lipinski definition) is 2. The van der Waals surface area contributed by atoms with E-state index < -0.39 is 0 Å². The number of carbonyl (C=O) groups is 1. The van der Waals surface area contributed by atoms with Crippen molar-refractivity contribution in [1.29, 1.82) is 0 Å². The van der Waals surface area contributed by atoms with Crippen LogP contribution in [0.4, 0.5) is 0 Å². The summed E-state index contributed by atoms with van der Waals surface area (Å²) in [5.41, 5.74) is -0.114. The van der Waals surface area contributed by atoms with Crippen molar-refractivity contribution in [3.63, 3.8) is 0 Å². The highest BCUT2D eigenvalue weighted by Gasteiger charge is 2.59. The molecule has 2 nitrogen and oxygen atoms in total. The molecule has 1 atom stereocenters. The molecule has 3 heteroatoms. The Labute approximate surface area is 70.9 Å². The number of rotatable bonds is 1. The fraction of sp³-hybridized carbons (Fsp3) is 0.875. The summed E-state index contributed by atoms with van der Waals surface area (Å²) in [5.74, 6) is 0. The van der Waals surface area contributed by atoms with Crippen LogP contribution in [0, 0.1) is 0 Å². The van der Waals surface area contributed by atoms with Gasteiger partial charge in [0.25, 0.3) is 5.24 Å². The van der Waals surface area contributed by atoms with Crippen molar-refractivity contribution in [3.05, 3.63) is 0 Å². The lowest BCUT2D eigenvalue weighted by molar-refractivity contribution is -0.112. The molecule has 1 aliphatic carbocycles. The largest absolute Gasteiger partial charge is 0.356 e. The van der Waals surface area contributed by atoms with Gasteiger partial charge in [-0.15, -0.1) is 0 Å². The van der Waals surface area contributed by atoms with Crippen LogP contribution in [0.5, 0.6) is 0 Å². The highest BCUT2D eigenvalue weighted by molar-refractivity contribution is 6.65. The Bertz CT molecular complexity index is 185. The van der Waals surface area contributed by atoms with E-state index in [1.807, 2.05) is 0 Å². The van der Waals surface area contributed by atoms with Crippen LogP contribution in [0.15, 0.2) is 0 Å². The van der Waals surface area contributed by atoms with Gasteiger partial charge in [-0.2, -0.15) is 0 Å². The molecule has 0 aromatic rings. The van der Waals surface area contributed by atoms with Crippen LogP contribution in [0.25, 0.3) is 0 Å². The number of carbonyl (C=O) groups excluding carboxylic acids is 1. The Balaban J connectivity index is 1.99. The maximum absolute atomic E-state index is 10.7. The lowest BCUT2D eigenvalue weighted by atomic mass is 9.87. The molecule has 0 unspecified atom stereocenters. The number of hydrogen-bond donors (Lipinski definition) is 0. The third-order valence-electron chi connectivity index (χ3n) is 2.68. The molecule has 62 valence electrons. The molecule has 2 rings (SSSR count). The molecule has 1 saturated carbocycles.